The van der Waals surface area contributed by atoms with Crippen molar-refractivity contribution in [2.45, 2.75) is 23.8 Å². The van der Waals surface area contributed by atoms with Crippen molar-refractivity contribution < 1.29 is 8.42 Å². The van der Waals surface area contributed by atoms with E-state index in [1.807, 2.05) is 6.07 Å². The van der Waals surface area contributed by atoms with Crippen molar-refractivity contribution in [3.05, 3.63) is 75.9 Å². The molecule has 1 aromatic carbocycles. The number of hydrogen-bond donors (Lipinski definition) is 1. The lowest BCUT2D eigenvalue weighted by atomic mass is 9.83. The molecule has 3 aromatic rings. The zero-order chi connectivity index (χ0) is 21.6. The van der Waals surface area contributed by atoms with Gasteiger partial charge in [-0.05, 0) is 54.8 Å². The predicted octanol–water partition coefficient (Wildman–Crippen LogP) is 2.72. The van der Waals surface area contributed by atoms with E-state index in [0.29, 0.717) is 17.5 Å². The Bertz CT molecular complexity index is 1280. The number of sulfonamides is 1. The average Bonchev–Trinajstić information content (AvgIpc) is 2.77. The first-order valence-electron chi connectivity index (χ1n) is 9.95. The number of benzene rings is 1. The van der Waals surface area contributed by atoms with Gasteiger partial charge < -0.3 is 9.47 Å². The molecule has 1 fully saturated rings. The van der Waals surface area contributed by atoms with Crippen LogP contribution in [0.1, 0.15) is 18.0 Å². The molecule has 10 heteroatoms. The van der Waals surface area contributed by atoms with Crippen LogP contribution >= 0.6 is 11.6 Å². The Morgan fingerprint density at radius 1 is 1.00 bits per heavy atom. The number of fused-ring (bicyclic) bond motifs is 4. The van der Waals surface area contributed by atoms with Crippen LogP contribution in [0, 0.1) is 5.92 Å². The third-order valence-corrected chi connectivity index (χ3v) is 7.44. The minimum absolute atomic E-state index is 0.0434. The van der Waals surface area contributed by atoms with Gasteiger partial charge in [0.2, 0.25) is 5.95 Å². The molecule has 0 saturated carbocycles. The van der Waals surface area contributed by atoms with Crippen molar-refractivity contribution in [3.8, 4) is 0 Å². The van der Waals surface area contributed by atoms with Gasteiger partial charge in [0.25, 0.3) is 15.6 Å². The number of rotatable bonds is 4. The molecule has 0 spiro atoms. The molecule has 0 aliphatic carbocycles. The molecule has 1 N–H and O–H groups in total. The zero-order valence-electron chi connectivity index (χ0n) is 16.5. The second kappa shape index (κ2) is 7.65. The maximum absolute atomic E-state index is 13.1. The molecular weight excluding hydrogens is 438 g/mol. The molecule has 31 heavy (non-hydrogen) atoms. The Kier molecular flexibility index (Phi) is 4.94. The third-order valence-electron chi connectivity index (χ3n) is 5.81. The Hall–Kier alpha value is -2.91. The molecule has 1 saturated heterocycles. The fourth-order valence-electron chi connectivity index (χ4n) is 4.46. The van der Waals surface area contributed by atoms with Gasteiger partial charge in [-0.15, -0.1) is 0 Å². The Morgan fingerprint density at radius 3 is 2.48 bits per heavy atom. The lowest BCUT2D eigenvalue weighted by Crippen LogP contribution is -2.48. The van der Waals surface area contributed by atoms with Gasteiger partial charge in [-0.3, -0.25) is 9.52 Å². The van der Waals surface area contributed by atoms with Gasteiger partial charge in [0.05, 0.1) is 4.90 Å². The van der Waals surface area contributed by atoms with E-state index in [1.165, 1.54) is 24.3 Å². The van der Waals surface area contributed by atoms with Crippen LogP contribution in [0.3, 0.4) is 0 Å². The second-order valence-electron chi connectivity index (χ2n) is 7.90. The molecule has 2 aliphatic heterocycles. The molecular formula is C21H20ClN5O3S. The van der Waals surface area contributed by atoms with Crippen molar-refractivity contribution in [1.82, 2.24) is 14.5 Å². The normalized spacial score (nSPS) is 20.2. The van der Waals surface area contributed by atoms with Gasteiger partial charge >= 0.3 is 0 Å². The molecule has 2 atom stereocenters. The van der Waals surface area contributed by atoms with E-state index in [0.717, 1.165) is 25.2 Å². The average molecular weight is 458 g/mol. The maximum atomic E-state index is 13.1. The minimum Gasteiger partial charge on any atom is -0.340 e. The number of piperidine rings is 1. The van der Waals surface area contributed by atoms with E-state index in [-0.39, 0.29) is 28.0 Å². The first kappa shape index (κ1) is 20.0. The first-order chi connectivity index (χ1) is 14.9. The first-order valence-corrected chi connectivity index (χ1v) is 11.8. The SMILES string of the molecule is O=c1c(NS(=O)(=O)c2ccc(Cl)cc2)ccc2n1C[C@H]1C[C@@H]2CN(c2ncccn2)C1. The third kappa shape index (κ3) is 3.79. The van der Waals surface area contributed by atoms with Crippen molar-refractivity contribution in [3.63, 3.8) is 0 Å². The summed E-state index contributed by atoms with van der Waals surface area (Å²) >= 11 is 5.84. The van der Waals surface area contributed by atoms with Gasteiger partial charge in [-0.25, -0.2) is 18.4 Å². The summed E-state index contributed by atoms with van der Waals surface area (Å²) in [6.07, 6.45) is 4.44. The molecule has 2 aliphatic rings. The minimum atomic E-state index is -3.89. The van der Waals surface area contributed by atoms with E-state index in [4.69, 9.17) is 11.6 Å². The van der Waals surface area contributed by atoms with Crippen molar-refractivity contribution in [1.29, 1.82) is 0 Å². The Labute approximate surface area is 184 Å². The number of pyridine rings is 1. The van der Waals surface area contributed by atoms with Gasteiger partial charge in [-0.1, -0.05) is 11.6 Å². The highest BCUT2D eigenvalue weighted by Crippen LogP contribution is 2.36. The topological polar surface area (TPSA) is 97.2 Å². The maximum Gasteiger partial charge on any atom is 0.275 e. The molecule has 0 radical (unpaired) electrons. The van der Waals surface area contributed by atoms with Crippen LogP contribution in [0.25, 0.3) is 0 Å². The quantitative estimate of drug-likeness (QED) is 0.647. The largest absolute Gasteiger partial charge is 0.340 e. The van der Waals surface area contributed by atoms with Crippen molar-refractivity contribution >= 4 is 33.3 Å². The molecule has 8 nitrogen and oxygen atoms in total. The number of aromatic nitrogens is 3. The summed E-state index contributed by atoms with van der Waals surface area (Å²) in [5.74, 6) is 1.11. The fourth-order valence-corrected chi connectivity index (χ4v) is 5.64. The van der Waals surface area contributed by atoms with Gasteiger partial charge in [-0.2, -0.15) is 0 Å². The number of nitrogens with one attached hydrogen (secondary N) is 1. The van der Waals surface area contributed by atoms with Crippen LogP contribution in [0.2, 0.25) is 5.02 Å². The van der Waals surface area contributed by atoms with E-state index >= 15 is 0 Å². The summed E-state index contributed by atoms with van der Waals surface area (Å²) in [5.41, 5.74) is 0.632. The van der Waals surface area contributed by atoms with E-state index < -0.39 is 10.0 Å². The molecule has 2 bridgehead atoms. The summed E-state index contributed by atoms with van der Waals surface area (Å²) in [5, 5.41) is 0.439. The lowest BCUT2D eigenvalue weighted by molar-refractivity contribution is 0.280. The summed E-state index contributed by atoms with van der Waals surface area (Å²) in [7, 11) is -3.89. The molecule has 0 amide bonds. The van der Waals surface area contributed by atoms with E-state index in [9.17, 15) is 13.2 Å². The lowest BCUT2D eigenvalue weighted by Gasteiger charge is -2.42. The fraction of sp³-hybridized carbons (Fsp3) is 0.286. The number of nitrogens with zero attached hydrogens (tertiary/aromatic N) is 4. The van der Waals surface area contributed by atoms with Crippen LogP contribution in [0.5, 0.6) is 0 Å². The highest BCUT2D eigenvalue weighted by molar-refractivity contribution is 7.92. The summed E-state index contributed by atoms with van der Waals surface area (Å²) in [4.78, 5) is 24.0. The highest BCUT2D eigenvalue weighted by Gasteiger charge is 2.36. The summed E-state index contributed by atoms with van der Waals surface area (Å²) in [6, 6.07) is 11.0. The van der Waals surface area contributed by atoms with Crippen LogP contribution in [0.4, 0.5) is 11.6 Å². The van der Waals surface area contributed by atoms with Crippen molar-refractivity contribution in [2.75, 3.05) is 22.7 Å². The molecule has 5 rings (SSSR count). The smallest absolute Gasteiger partial charge is 0.275 e. The van der Waals surface area contributed by atoms with Crippen LogP contribution < -0.4 is 15.2 Å². The van der Waals surface area contributed by atoms with Gasteiger partial charge in [0.15, 0.2) is 0 Å². The number of hydrogen-bond acceptors (Lipinski definition) is 6. The molecule has 0 unspecified atom stereocenters. The zero-order valence-corrected chi connectivity index (χ0v) is 18.1. The van der Waals surface area contributed by atoms with Gasteiger partial charge in [0.1, 0.15) is 5.69 Å². The second-order valence-corrected chi connectivity index (χ2v) is 10.0. The summed E-state index contributed by atoms with van der Waals surface area (Å²) < 4.78 is 29.6. The molecule has 2 aromatic heterocycles. The van der Waals surface area contributed by atoms with Gasteiger partial charge in [0, 0.05) is 48.7 Å². The monoisotopic (exact) mass is 457 g/mol. The van der Waals surface area contributed by atoms with Crippen molar-refractivity contribution in [2.24, 2.45) is 5.92 Å². The van der Waals surface area contributed by atoms with E-state index in [2.05, 4.69) is 19.6 Å². The molecule has 160 valence electrons. The number of anilines is 2. The van der Waals surface area contributed by atoms with E-state index in [1.54, 1.807) is 29.1 Å². The van der Waals surface area contributed by atoms with Crippen LogP contribution in [-0.4, -0.2) is 36.0 Å². The Balaban J connectivity index is 1.44. The van der Waals surface area contributed by atoms with Crippen LogP contribution in [0.15, 0.2) is 64.5 Å². The molecule has 4 heterocycles. The number of halogens is 1. The van der Waals surface area contributed by atoms with Crippen LogP contribution in [-0.2, 0) is 16.6 Å². The summed E-state index contributed by atoms with van der Waals surface area (Å²) in [6.45, 7) is 2.01. The predicted molar refractivity (Wildman–Crippen MR) is 118 cm³/mol. The standard InChI is InChI=1S/C21H20ClN5O3S/c22-16-2-4-17(5-3-16)31(29,30)25-18-6-7-19-15-10-14(12-27(19)20(18)28)11-26(13-15)21-23-8-1-9-24-21/h1-9,14-15,25H,10-13H2/t14-,15+/m0/s1. The Morgan fingerprint density at radius 2 is 1.74 bits per heavy atom. The highest BCUT2D eigenvalue weighted by atomic mass is 35.5.